The van der Waals surface area contributed by atoms with Gasteiger partial charge in [-0.25, -0.2) is 0 Å². The van der Waals surface area contributed by atoms with Gasteiger partial charge in [-0.3, -0.25) is 9.59 Å². The molecule has 3 aromatic rings. The minimum Gasteiger partial charge on any atom is -0.356 e. The third kappa shape index (κ3) is 3.23. The average molecular weight is 441 g/mol. The molecule has 3 aromatic carbocycles. The van der Waals surface area contributed by atoms with Gasteiger partial charge in [0.25, 0.3) is 0 Å². The van der Waals surface area contributed by atoms with Gasteiger partial charge < -0.3 is 10.6 Å². The number of anilines is 1. The van der Waals surface area contributed by atoms with Crippen LogP contribution in [0.4, 0.5) is 5.69 Å². The molecule has 2 N–H and O–H groups in total. The number of carbonyl (C=O) groups excluding carboxylic acids is 2. The summed E-state index contributed by atoms with van der Waals surface area (Å²) in [5.74, 6) is 0.920. The predicted octanol–water partition coefficient (Wildman–Crippen LogP) is 4.90. The van der Waals surface area contributed by atoms with Gasteiger partial charge in [-0.1, -0.05) is 60.7 Å². The lowest BCUT2D eigenvalue weighted by atomic mass is 9.59. The lowest BCUT2D eigenvalue weighted by molar-refractivity contribution is -0.124. The van der Waals surface area contributed by atoms with Gasteiger partial charge >= 0.3 is 0 Å². The monoisotopic (exact) mass is 440 g/mol. The molecule has 160 valence electrons. The Morgan fingerprint density at radius 1 is 0.906 bits per heavy atom. The maximum absolute atomic E-state index is 12.8. The zero-order valence-electron chi connectivity index (χ0n) is 17.6. The standard InChI is InChI=1S/C27H24N2O2S/c30-25(14-24-27(31)29-22-11-5-6-12-23(22)32-24)28-15-16-13-21-17-7-1-3-9-19(17)26(16)20-10-4-2-8-18(20)21/h1-12,16,21,24,26H,13-15H2,(H,28,30)(H,29,31). The van der Waals surface area contributed by atoms with Gasteiger partial charge in [0, 0.05) is 29.7 Å². The summed E-state index contributed by atoms with van der Waals surface area (Å²) < 4.78 is 0. The number of amides is 2. The number of fused-ring (bicyclic) bond motifs is 2. The number of rotatable bonds is 4. The predicted molar refractivity (Wildman–Crippen MR) is 127 cm³/mol. The number of nitrogens with one attached hydrogen (secondary N) is 2. The highest BCUT2D eigenvalue weighted by Gasteiger charge is 2.43. The molecule has 32 heavy (non-hydrogen) atoms. The molecule has 1 aliphatic heterocycles. The number of carbonyl (C=O) groups is 2. The van der Waals surface area contributed by atoms with E-state index in [2.05, 4.69) is 59.2 Å². The Morgan fingerprint density at radius 2 is 1.53 bits per heavy atom. The van der Waals surface area contributed by atoms with E-state index in [0.29, 0.717) is 24.3 Å². The summed E-state index contributed by atoms with van der Waals surface area (Å²) in [4.78, 5) is 26.3. The van der Waals surface area contributed by atoms with Crippen LogP contribution >= 0.6 is 11.8 Å². The number of hydrogen-bond acceptors (Lipinski definition) is 3. The third-order valence-corrected chi connectivity index (χ3v) is 8.34. The lowest BCUT2D eigenvalue weighted by Crippen LogP contribution is -2.41. The zero-order chi connectivity index (χ0) is 21.7. The molecule has 4 nitrogen and oxygen atoms in total. The van der Waals surface area contributed by atoms with Crippen LogP contribution in [-0.2, 0) is 9.59 Å². The van der Waals surface area contributed by atoms with Gasteiger partial charge in [-0.15, -0.1) is 11.8 Å². The van der Waals surface area contributed by atoms with Crippen LogP contribution in [-0.4, -0.2) is 23.6 Å². The SMILES string of the molecule is O=C(CC1Sc2ccccc2NC1=O)NCC1CC2c3ccccc3C1c1ccccc12. The zero-order valence-corrected chi connectivity index (χ0v) is 18.4. The molecule has 4 aliphatic rings. The maximum Gasteiger partial charge on any atom is 0.238 e. The fraction of sp³-hybridized carbons (Fsp3) is 0.259. The van der Waals surface area contributed by atoms with Gasteiger partial charge in [-0.05, 0) is 46.7 Å². The number of para-hydroxylation sites is 1. The summed E-state index contributed by atoms with van der Waals surface area (Å²) in [6.07, 6.45) is 1.24. The topological polar surface area (TPSA) is 58.2 Å². The minimum absolute atomic E-state index is 0.0555. The first-order chi connectivity index (χ1) is 15.7. The molecule has 0 fully saturated rings. The van der Waals surface area contributed by atoms with Gasteiger partial charge in [0.15, 0.2) is 0 Å². The van der Waals surface area contributed by atoms with Gasteiger partial charge in [-0.2, -0.15) is 0 Å². The van der Waals surface area contributed by atoms with Crippen LogP contribution in [0.1, 0.15) is 46.9 Å². The molecule has 5 heteroatoms. The second-order valence-corrected chi connectivity index (χ2v) is 10.1. The molecular formula is C27H24N2O2S. The van der Waals surface area contributed by atoms with E-state index in [9.17, 15) is 9.59 Å². The normalized spacial score (nSPS) is 24.7. The summed E-state index contributed by atoms with van der Waals surface area (Å²) in [5.41, 5.74) is 6.51. The molecule has 0 radical (unpaired) electrons. The molecule has 0 saturated carbocycles. The van der Waals surface area contributed by atoms with E-state index in [1.807, 2.05) is 24.3 Å². The van der Waals surface area contributed by atoms with Crippen LogP contribution in [0.15, 0.2) is 77.7 Å². The fourth-order valence-corrected chi connectivity index (χ4v) is 6.78. The largest absolute Gasteiger partial charge is 0.356 e. The first-order valence-electron chi connectivity index (χ1n) is 11.2. The summed E-state index contributed by atoms with van der Waals surface area (Å²) >= 11 is 1.48. The second-order valence-electron chi connectivity index (χ2n) is 8.88. The Labute approximate surface area is 191 Å². The smallest absolute Gasteiger partial charge is 0.238 e. The average Bonchev–Trinajstić information content (AvgIpc) is 2.83. The Morgan fingerprint density at radius 3 is 2.25 bits per heavy atom. The van der Waals surface area contributed by atoms with Crippen LogP contribution in [0.2, 0.25) is 0 Å². The summed E-state index contributed by atoms with van der Waals surface area (Å²) in [5, 5.41) is 5.69. The Balaban J connectivity index is 1.16. The van der Waals surface area contributed by atoms with Gasteiger partial charge in [0.05, 0.1) is 10.9 Å². The Bertz CT molecular complexity index is 1180. The summed E-state index contributed by atoms with van der Waals surface area (Å²) in [7, 11) is 0. The highest BCUT2D eigenvalue weighted by atomic mass is 32.2. The maximum atomic E-state index is 12.8. The quantitative estimate of drug-likeness (QED) is 0.607. The van der Waals surface area contributed by atoms with Crippen molar-refractivity contribution in [3.05, 3.63) is 95.1 Å². The Hall–Kier alpha value is -3.05. The molecule has 0 saturated heterocycles. The van der Waals surface area contributed by atoms with E-state index >= 15 is 0 Å². The van der Waals surface area contributed by atoms with Crippen molar-refractivity contribution in [2.24, 2.45) is 5.92 Å². The van der Waals surface area contributed by atoms with Gasteiger partial charge in [0.2, 0.25) is 11.8 Å². The highest BCUT2D eigenvalue weighted by Crippen LogP contribution is 2.55. The van der Waals surface area contributed by atoms with E-state index in [1.165, 1.54) is 34.0 Å². The molecule has 0 spiro atoms. The van der Waals surface area contributed by atoms with Crippen molar-refractivity contribution >= 4 is 29.3 Å². The van der Waals surface area contributed by atoms with Crippen LogP contribution in [0.25, 0.3) is 0 Å². The van der Waals surface area contributed by atoms with Crippen LogP contribution < -0.4 is 10.6 Å². The number of hydrogen-bond donors (Lipinski definition) is 2. The van der Waals surface area contributed by atoms with Crippen molar-refractivity contribution in [1.29, 1.82) is 0 Å². The first kappa shape index (κ1) is 19.6. The minimum atomic E-state index is -0.394. The highest BCUT2D eigenvalue weighted by molar-refractivity contribution is 8.01. The fourth-order valence-electron chi connectivity index (χ4n) is 5.67. The van der Waals surface area contributed by atoms with E-state index in [4.69, 9.17) is 0 Å². The molecule has 0 aromatic heterocycles. The lowest BCUT2D eigenvalue weighted by Gasteiger charge is -2.45. The van der Waals surface area contributed by atoms with Crippen LogP contribution in [0.3, 0.4) is 0 Å². The van der Waals surface area contributed by atoms with E-state index in [0.717, 1.165) is 17.0 Å². The van der Waals surface area contributed by atoms with Crippen LogP contribution in [0, 0.1) is 5.92 Å². The van der Waals surface area contributed by atoms with Crippen molar-refractivity contribution in [2.45, 2.75) is 34.8 Å². The Kier molecular flexibility index (Phi) is 4.80. The van der Waals surface area contributed by atoms with E-state index in [1.54, 1.807) is 0 Å². The molecule has 3 aliphatic carbocycles. The van der Waals surface area contributed by atoms with Crippen LogP contribution in [0.5, 0.6) is 0 Å². The van der Waals surface area contributed by atoms with Crippen molar-refractivity contribution < 1.29 is 9.59 Å². The molecule has 2 amide bonds. The third-order valence-electron chi connectivity index (χ3n) is 7.06. The summed E-state index contributed by atoms with van der Waals surface area (Å²) in [6.45, 7) is 0.637. The number of thioether (sulfide) groups is 1. The molecule has 2 bridgehead atoms. The van der Waals surface area contributed by atoms with Gasteiger partial charge in [0.1, 0.15) is 0 Å². The van der Waals surface area contributed by atoms with Crippen molar-refractivity contribution in [3.63, 3.8) is 0 Å². The molecule has 2 atom stereocenters. The van der Waals surface area contributed by atoms with E-state index < -0.39 is 5.25 Å². The molecule has 7 rings (SSSR count). The first-order valence-corrected chi connectivity index (χ1v) is 12.1. The summed E-state index contributed by atoms with van der Waals surface area (Å²) in [6, 6.07) is 25.2. The molecular weight excluding hydrogens is 416 g/mol. The second kappa shape index (κ2) is 7.82. The van der Waals surface area contributed by atoms with E-state index in [-0.39, 0.29) is 18.2 Å². The van der Waals surface area contributed by atoms with Crippen molar-refractivity contribution in [2.75, 3.05) is 11.9 Å². The van der Waals surface area contributed by atoms with Crippen molar-refractivity contribution in [3.8, 4) is 0 Å². The molecule has 2 unspecified atom stereocenters. The molecule has 1 heterocycles. The van der Waals surface area contributed by atoms with Crippen molar-refractivity contribution in [1.82, 2.24) is 5.32 Å². The number of benzene rings is 3.